The number of imide groups is 1. The minimum atomic E-state index is -0.0926. The summed E-state index contributed by atoms with van der Waals surface area (Å²) in [5.74, 6) is 1.84. The SMILES string of the molecule is CC(=O)N(C(C)=O)[C@H]1CC[C@H]2[C@@H]3CC[C@@H]4CCC=C[C@]4(C)C3=CC[C@]12C. The van der Waals surface area contributed by atoms with E-state index in [0.29, 0.717) is 11.8 Å². The number of nitrogens with zero attached hydrogens (tertiary/aromatic N) is 1. The topological polar surface area (TPSA) is 37.4 Å². The van der Waals surface area contributed by atoms with Crippen LogP contribution in [0.1, 0.15) is 72.6 Å². The van der Waals surface area contributed by atoms with Crippen molar-refractivity contribution in [3.8, 4) is 0 Å². The van der Waals surface area contributed by atoms with Crippen molar-refractivity contribution in [2.75, 3.05) is 0 Å². The summed E-state index contributed by atoms with van der Waals surface area (Å²) in [6.45, 7) is 7.88. The van der Waals surface area contributed by atoms with E-state index < -0.39 is 0 Å². The lowest BCUT2D eigenvalue weighted by Crippen LogP contribution is -2.53. The van der Waals surface area contributed by atoms with Crippen molar-refractivity contribution in [2.24, 2.45) is 28.6 Å². The van der Waals surface area contributed by atoms with Crippen LogP contribution < -0.4 is 0 Å². The van der Waals surface area contributed by atoms with Crippen molar-refractivity contribution < 1.29 is 9.59 Å². The van der Waals surface area contributed by atoms with Gasteiger partial charge in [-0.1, -0.05) is 37.6 Å². The van der Waals surface area contributed by atoms with Gasteiger partial charge in [0.2, 0.25) is 11.8 Å². The van der Waals surface area contributed by atoms with E-state index in [4.69, 9.17) is 0 Å². The minimum Gasteiger partial charge on any atom is -0.279 e. The fourth-order valence-electron chi connectivity index (χ4n) is 7.17. The smallest absolute Gasteiger partial charge is 0.226 e. The molecule has 3 heteroatoms. The molecular formula is C23H33NO2. The van der Waals surface area contributed by atoms with E-state index in [1.807, 2.05) is 0 Å². The molecule has 26 heavy (non-hydrogen) atoms. The van der Waals surface area contributed by atoms with E-state index in [1.54, 1.807) is 24.3 Å². The van der Waals surface area contributed by atoms with Gasteiger partial charge in [-0.25, -0.2) is 0 Å². The van der Waals surface area contributed by atoms with Crippen LogP contribution in [0.2, 0.25) is 0 Å². The average Bonchev–Trinajstić information content (AvgIpc) is 2.91. The number of carbonyl (C=O) groups is 2. The Kier molecular flexibility index (Phi) is 4.20. The van der Waals surface area contributed by atoms with Crippen LogP contribution in [0.5, 0.6) is 0 Å². The Bertz CT molecular complexity index is 678. The van der Waals surface area contributed by atoms with Crippen LogP contribution in [0.15, 0.2) is 23.8 Å². The Labute approximate surface area is 157 Å². The largest absolute Gasteiger partial charge is 0.279 e. The summed E-state index contributed by atoms with van der Waals surface area (Å²) in [5.41, 5.74) is 1.94. The molecule has 0 aromatic heterocycles. The van der Waals surface area contributed by atoms with E-state index in [0.717, 1.165) is 25.2 Å². The molecule has 0 spiro atoms. The van der Waals surface area contributed by atoms with Gasteiger partial charge in [-0.3, -0.25) is 14.5 Å². The van der Waals surface area contributed by atoms with Crippen LogP contribution >= 0.6 is 0 Å². The molecule has 4 aliphatic rings. The van der Waals surface area contributed by atoms with Gasteiger partial charge >= 0.3 is 0 Å². The first-order chi connectivity index (χ1) is 12.3. The van der Waals surface area contributed by atoms with Crippen molar-refractivity contribution in [3.05, 3.63) is 23.8 Å². The molecule has 2 fully saturated rings. The summed E-state index contributed by atoms with van der Waals surface area (Å²) in [7, 11) is 0. The van der Waals surface area contributed by atoms with Crippen LogP contribution in [0.4, 0.5) is 0 Å². The van der Waals surface area contributed by atoms with Gasteiger partial charge in [-0.2, -0.15) is 0 Å². The fourth-order valence-corrected chi connectivity index (χ4v) is 7.17. The van der Waals surface area contributed by atoms with Crippen LogP contribution in [-0.4, -0.2) is 22.8 Å². The lowest BCUT2D eigenvalue weighted by molar-refractivity contribution is -0.148. The van der Waals surface area contributed by atoms with Gasteiger partial charge < -0.3 is 0 Å². The molecule has 0 aliphatic heterocycles. The molecule has 0 aromatic carbocycles. The molecule has 0 heterocycles. The van der Waals surface area contributed by atoms with Crippen molar-refractivity contribution in [2.45, 2.75) is 78.7 Å². The third-order valence-corrected chi connectivity index (χ3v) is 8.44. The second-order valence-electron chi connectivity index (χ2n) is 9.62. The number of allylic oxidation sites excluding steroid dienone is 4. The van der Waals surface area contributed by atoms with E-state index >= 15 is 0 Å². The molecule has 4 rings (SSSR count). The zero-order valence-electron chi connectivity index (χ0n) is 16.8. The molecular weight excluding hydrogens is 322 g/mol. The molecule has 0 saturated heterocycles. The summed E-state index contributed by atoms with van der Waals surface area (Å²) in [6.07, 6.45) is 15.7. The summed E-state index contributed by atoms with van der Waals surface area (Å²) >= 11 is 0. The molecule has 0 radical (unpaired) electrons. The molecule has 0 bridgehead atoms. The number of amides is 2. The molecule has 0 aromatic rings. The Hall–Kier alpha value is -1.38. The second kappa shape index (κ2) is 6.07. The molecule has 0 N–H and O–H groups in total. The maximum atomic E-state index is 12.2. The highest BCUT2D eigenvalue weighted by molar-refractivity contribution is 5.93. The predicted molar refractivity (Wildman–Crippen MR) is 103 cm³/mol. The van der Waals surface area contributed by atoms with Crippen LogP contribution in [0, 0.1) is 28.6 Å². The van der Waals surface area contributed by atoms with Crippen LogP contribution in [0.25, 0.3) is 0 Å². The molecule has 6 atom stereocenters. The summed E-state index contributed by atoms with van der Waals surface area (Å²) in [6, 6.07) is 0.0627. The molecule has 4 aliphatic carbocycles. The van der Waals surface area contributed by atoms with E-state index in [1.165, 1.54) is 25.7 Å². The molecule has 0 unspecified atom stereocenters. The highest BCUT2D eigenvalue weighted by Gasteiger charge is 2.58. The molecule has 2 saturated carbocycles. The normalized spacial score (nSPS) is 43.8. The van der Waals surface area contributed by atoms with E-state index in [2.05, 4.69) is 32.1 Å². The van der Waals surface area contributed by atoms with Crippen molar-refractivity contribution in [1.29, 1.82) is 0 Å². The predicted octanol–water partition coefficient (Wildman–Crippen LogP) is 4.88. The number of rotatable bonds is 1. The van der Waals surface area contributed by atoms with Gasteiger partial charge in [0, 0.05) is 25.3 Å². The van der Waals surface area contributed by atoms with Crippen LogP contribution in [0.3, 0.4) is 0 Å². The first-order valence-electron chi connectivity index (χ1n) is 10.5. The minimum absolute atomic E-state index is 0.0348. The maximum Gasteiger partial charge on any atom is 0.226 e. The Morgan fingerprint density at radius 1 is 1.04 bits per heavy atom. The maximum absolute atomic E-state index is 12.2. The zero-order chi connectivity index (χ0) is 18.7. The molecule has 142 valence electrons. The monoisotopic (exact) mass is 355 g/mol. The third kappa shape index (κ3) is 2.38. The Morgan fingerprint density at radius 3 is 2.46 bits per heavy atom. The van der Waals surface area contributed by atoms with Crippen molar-refractivity contribution >= 4 is 11.8 Å². The molecule has 2 amide bonds. The van der Waals surface area contributed by atoms with Crippen molar-refractivity contribution in [1.82, 2.24) is 4.90 Å². The van der Waals surface area contributed by atoms with Crippen molar-refractivity contribution in [3.63, 3.8) is 0 Å². The highest BCUT2D eigenvalue weighted by atomic mass is 16.2. The summed E-state index contributed by atoms with van der Waals surface area (Å²) in [4.78, 5) is 25.9. The van der Waals surface area contributed by atoms with Gasteiger partial charge in [0.15, 0.2) is 0 Å². The molecule has 3 nitrogen and oxygen atoms in total. The lowest BCUT2D eigenvalue weighted by Gasteiger charge is -2.55. The standard InChI is InChI=1S/C23H33NO2/c1-15(25)24(16(2)26)21-11-10-19-18-9-8-17-7-5-6-13-22(17,3)20(18)12-14-23(19,21)4/h6,12-13,17-19,21H,5,7-11,14H2,1-4H3/t17-,18-,19-,21-,22-,23-/m0/s1. The number of carbonyl (C=O) groups excluding carboxylic acids is 2. The Balaban J connectivity index is 1.71. The van der Waals surface area contributed by atoms with Crippen LogP contribution in [-0.2, 0) is 9.59 Å². The quantitative estimate of drug-likeness (QED) is 0.629. The Morgan fingerprint density at radius 2 is 1.77 bits per heavy atom. The second-order valence-corrected chi connectivity index (χ2v) is 9.62. The number of fused-ring (bicyclic) bond motifs is 5. The zero-order valence-corrected chi connectivity index (χ0v) is 16.8. The third-order valence-electron chi connectivity index (χ3n) is 8.44. The van der Waals surface area contributed by atoms with Gasteiger partial charge in [0.25, 0.3) is 0 Å². The summed E-state index contributed by atoms with van der Waals surface area (Å²) < 4.78 is 0. The van der Waals surface area contributed by atoms with Gasteiger partial charge in [0.1, 0.15) is 0 Å². The number of hydrogen-bond donors (Lipinski definition) is 0. The lowest BCUT2D eigenvalue weighted by atomic mass is 9.50. The first-order valence-corrected chi connectivity index (χ1v) is 10.5. The number of hydrogen-bond acceptors (Lipinski definition) is 2. The van der Waals surface area contributed by atoms with Gasteiger partial charge in [-0.05, 0) is 68.1 Å². The summed E-state index contributed by atoms with van der Waals surface area (Å²) in [5, 5.41) is 0. The van der Waals surface area contributed by atoms with E-state index in [9.17, 15) is 9.59 Å². The highest BCUT2D eigenvalue weighted by Crippen LogP contribution is 2.63. The first kappa shape index (κ1) is 18.0. The van der Waals surface area contributed by atoms with Gasteiger partial charge in [0.05, 0.1) is 0 Å². The van der Waals surface area contributed by atoms with Gasteiger partial charge in [-0.15, -0.1) is 0 Å². The average molecular weight is 356 g/mol. The van der Waals surface area contributed by atoms with E-state index in [-0.39, 0.29) is 28.7 Å². The fraction of sp³-hybridized carbons (Fsp3) is 0.739.